The summed E-state index contributed by atoms with van der Waals surface area (Å²) >= 11 is 0. The van der Waals surface area contributed by atoms with Crippen molar-refractivity contribution >= 4 is 16.8 Å². The fraction of sp³-hybridized carbons (Fsp3) is 0.406. The number of ether oxygens (including phenoxy) is 1. The summed E-state index contributed by atoms with van der Waals surface area (Å²) in [4.78, 5) is 20.5. The summed E-state index contributed by atoms with van der Waals surface area (Å²) in [5.41, 5.74) is 4.29. The summed E-state index contributed by atoms with van der Waals surface area (Å²) < 4.78 is 6.22. The summed E-state index contributed by atoms with van der Waals surface area (Å²) in [6, 6.07) is 19.8. The first-order chi connectivity index (χ1) is 19.1. The summed E-state index contributed by atoms with van der Waals surface area (Å²) in [7, 11) is 2.16. The molecule has 0 spiro atoms. The second-order valence-electron chi connectivity index (χ2n) is 11.1. The van der Waals surface area contributed by atoms with Crippen LogP contribution in [0.3, 0.4) is 0 Å². The van der Waals surface area contributed by atoms with Gasteiger partial charge in [0.2, 0.25) is 0 Å². The highest BCUT2D eigenvalue weighted by Crippen LogP contribution is 2.34. The van der Waals surface area contributed by atoms with Crippen LogP contribution >= 0.6 is 0 Å². The zero-order valence-corrected chi connectivity index (χ0v) is 22.6. The molecule has 1 aliphatic heterocycles. The van der Waals surface area contributed by atoms with Crippen LogP contribution in [0.25, 0.3) is 22.2 Å². The van der Waals surface area contributed by atoms with Gasteiger partial charge < -0.3 is 15.0 Å². The van der Waals surface area contributed by atoms with Crippen LogP contribution in [0.15, 0.2) is 66.9 Å². The predicted octanol–water partition coefficient (Wildman–Crippen LogP) is 6.15. The number of nitrogens with one attached hydrogen (secondary N) is 2. The molecular weight excluding hydrogens is 486 g/mol. The number of likely N-dealkylation sites (tertiary alicyclic amines) is 1. The van der Waals surface area contributed by atoms with Crippen molar-refractivity contribution in [3.8, 4) is 17.0 Å². The third kappa shape index (κ3) is 5.83. The number of benzene rings is 2. The first-order valence-electron chi connectivity index (χ1n) is 14.3. The second kappa shape index (κ2) is 11.6. The molecule has 6 rings (SSSR count). The van der Waals surface area contributed by atoms with E-state index in [4.69, 9.17) is 4.74 Å². The average Bonchev–Trinajstić information content (AvgIpc) is 3.42. The van der Waals surface area contributed by atoms with Crippen LogP contribution in [0.2, 0.25) is 0 Å². The van der Waals surface area contributed by atoms with Gasteiger partial charge in [-0.2, -0.15) is 5.10 Å². The van der Waals surface area contributed by atoms with Crippen molar-refractivity contribution in [3.63, 3.8) is 0 Å². The van der Waals surface area contributed by atoms with Gasteiger partial charge in [-0.05, 0) is 93.2 Å². The number of carbonyl (C=O) groups is 1. The zero-order valence-electron chi connectivity index (χ0n) is 22.6. The molecule has 2 fully saturated rings. The third-order valence-corrected chi connectivity index (χ3v) is 8.34. The van der Waals surface area contributed by atoms with Gasteiger partial charge in [-0.1, -0.05) is 25.3 Å². The normalized spacial score (nSPS) is 18.2. The van der Waals surface area contributed by atoms with Crippen LogP contribution in [0.1, 0.15) is 67.0 Å². The first kappa shape index (κ1) is 25.6. The molecule has 4 aromatic rings. The highest BCUT2D eigenvalue weighted by molar-refractivity contribution is 6.01. The Balaban J connectivity index is 1.21. The molecule has 7 heteroatoms. The van der Waals surface area contributed by atoms with E-state index in [1.807, 2.05) is 66.9 Å². The number of fused-ring (bicyclic) bond motifs is 1. The van der Waals surface area contributed by atoms with Crippen molar-refractivity contribution in [1.82, 2.24) is 25.4 Å². The fourth-order valence-electron chi connectivity index (χ4n) is 6.05. The van der Waals surface area contributed by atoms with Crippen LogP contribution in [0.4, 0.5) is 0 Å². The van der Waals surface area contributed by atoms with Gasteiger partial charge in [-0.3, -0.25) is 14.9 Å². The van der Waals surface area contributed by atoms with E-state index in [2.05, 4.69) is 32.4 Å². The lowest BCUT2D eigenvalue weighted by Crippen LogP contribution is -2.35. The molecule has 1 saturated heterocycles. The molecular formula is C32H37N5O2. The topological polar surface area (TPSA) is 83.1 Å². The summed E-state index contributed by atoms with van der Waals surface area (Å²) in [5.74, 6) is 1.21. The van der Waals surface area contributed by atoms with Crippen LogP contribution in [0.5, 0.6) is 5.75 Å². The molecule has 2 aromatic heterocycles. The highest BCUT2D eigenvalue weighted by Gasteiger charge is 2.28. The van der Waals surface area contributed by atoms with E-state index in [-0.39, 0.29) is 18.1 Å². The number of rotatable bonds is 7. The Morgan fingerprint density at radius 3 is 2.54 bits per heavy atom. The number of aromatic amines is 1. The lowest BCUT2D eigenvalue weighted by Gasteiger charge is -2.30. The monoisotopic (exact) mass is 523 g/mol. The molecule has 202 valence electrons. The average molecular weight is 524 g/mol. The summed E-state index contributed by atoms with van der Waals surface area (Å²) in [5, 5.41) is 12.0. The van der Waals surface area contributed by atoms with Crippen molar-refractivity contribution in [2.24, 2.45) is 5.92 Å². The van der Waals surface area contributed by atoms with Crippen LogP contribution in [-0.4, -0.2) is 52.2 Å². The number of aromatic nitrogens is 3. The third-order valence-electron chi connectivity index (χ3n) is 8.34. The van der Waals surface area contributed by atoms with E-state index < -0.39 is 0 Å². The van der Waals surface area contributed by atoms with Crippen LogP contribution < -0.4 is 10.1 Å². The van der Waals surface area contributed by atoms with E-state index >= 15 is 0 Å². The van der Waals surface area contributed by atoms with Crippen molar-refractivity contribution in [1.29, 1.82) is 0 Å². The fourth-order valence-corrected chi connectivity index (χ4v) is 6.05. The van der Waals surface area contributed by atoms with Crippen molar-refractivity contribution in [2.45, 2.75) is 57.1 Å². The van der Waals surface area contributed by atoms with Gasteiger partial charge in [0, 0.05) is 35.8 Å². The Labute approximate surface area is 230 Å². The van der Waals surface area contributed by atoms with Crippen molar-refractivity contribution in [3.05, 3.63) is 78.1 Å². The molecule has 1 aliphatic carbocycles. The number of amides is 1. The smallest absolute Gasteiger partial charge is 0.251 e. The first-order valence-corrected chi connectivity index (χ1v) is 14.3. The quantitative estimate of drug-likeness (QED) is 0.304. The van der Waals surface area contributed by atoms with Gasteiger partial charge in [-0.15, -0.1) is 0 Å². The minimum Gasteiger partial charge on any atom is -0.490 e. The predicted molar refractivity (Wildman–Crippen MR) is 154 cm³/mol. The van der Waals surface area contributed by atoms with Crippen LogP contribution in [-0.2, 0) is 0 Å². The van der Waals surface area contributed by atoms with E-state index in [0.29, 0.717) is 11.5 Å². The minimum absolute atomic E-state index is 0.0767. The molecule has 39 heavy (non-hydrogen) atoms. The lowest BCUT2D eigenvalue weighted by molar-refractivity contribution is 0.0911. The molecule has 2 aromatic carbocycles. The molecule has 7 nitrogen and oxygen atoms in total. The Morgan fingerprint density at radius 2 is 1.79 bits per heavy atom. The maximum absolute atomic E-state index is 13.5. The van der Waals surface area contributed by atoms with Gasteiger partial charge >= 0.3 is 0 Å². The van der Waals surface area contributed by atoms with Gasteiger partial charge in [0.15, 0.2) is 0 Å². The SMILES string of the molecule is CN1CCC(Oc2ccc(-c3n[nH]c4ccc(C(=O)NC(c5ccccn5)C5CCCCC5)cc34)cc2)CC1. The molecule has 0 bridgehead atoms. The number of carbonyl (C=O) groups excluding carboxylic acids is 1. The second-order valence-corrected chi connectivity index (χ2v) is 11.1. The van der Waals surface area contributed by atoms with Crippen LogP contribution in [0, 0.1) is 5.92 Å². The Morgan fingerprint density at radius 1 is 1.00 bits per heavy atom. The largest absolute Gasteiger partial charge is 0.490 e. The van der Waals surface area contributed by atoms with Gasteiger partial charge in [0.1, 0.15) is 11.9 Å². The molecule has 2 N–H and O–H groups in total. The number of pyridine rings is 1. The number of piperidine rings is 1. The Kier molecular flexibility index (Phi) is 7.59. The lowest BCUT2D eigenvalue weighted by atomic mass is 9.82. The maximum atomic E-state index is 13.5. The molecule has 0 radical (unpaired) electrons. The number of hydrogen-bond acceptors (Lipinski definition) is 5. The maximum Gasteiger partial charge on any atom is 0.251 e. The molecule has 2 aliphatic rings. The summed E-state index contributed by atoms with van der Waals surface area (Å²) in [6.07, 6.45) is 10.1. The van der Waals surface area contributed by atoms with Crippen molar-refractivity contribution in [2.75, 3.05) is 20.1 Å². The molecule has 3 heterocycles. The van der Waals surface area contributed by atoms with E-state index in [1.165, 1.54) is 19.3 Å². The van der Waals surface area contributed by atoms with Gasteiger partial charge in [-0.25, -0.2) is 0 Å². The Bertz CT molecular complexity index is 1390. The Hall–Kier alpha value is -3.71. The van der Waals surface area contributed by atoms with E-state index in [1.54, 1.807) is 0 Å². The molecule has 1 atom stereocenters. The molecule has 1 amide bonds. The number of H-pyrrole nitrogens is 1. The van der Waals surface area contributed by atoms with Crippen molar-refractivity contribution < 1.29 is 9.53 Å². The number of nitrogens with zero attached hydrogens (tertiary/aromatic N) is 3. The molecule has 1 saturated carbocycles. The minimum atomic E-state index is -0.0874. The van der Waals surface area contributed by atoms with E-state index in [9.17, 15) is 4.79 Å². The molecule has 1 unspecified atom stereocenters. The number of hydrogen-bond donors (Lipinski definition) is 2. The highest BCUT2D eigenvalue weighted by atomic mass is 16.5. The zero-order chi connectivity index (χ0) is 26.6. The van der Waals surface area contributed by atoms with Gasteiger partial charge in [0.25, 0.3) is 5.91 Å². The van der Waals surface area contributed by atoms with E-state index in [0.717, 1.165) is 72.4 Å². The van der Waals surface area contributed by atoms with Gasteiger partial charge in [0.05, 0.1) is 22.9 Å². The standard InChI is InChI=1S/C32H37N5O2/c1-37-19-16-26(17-20-37)39-25-13-10-23(11-14-25)30-27-21-24(12-15-28(27)35-36-30)32(38)34-31(22-7-3-2-4-8-22)29-9-5-6-18-33-29/h5-6,9-15,18,21-22,26,31H,2-4,7-8,16-17,19-20H2,1H3,(H,34,38)(H,35,36). The summed E-state index contributed by atoms with van der Waals surface area (Å²) in [6.45, 7) is 2.14.